The summed E-state index contributed by atoms with van der Waals surface area (Å²) >= 11 is 0. The van der Waals surface area contributed by atoms with E-state index >= 15 is 0 Å². The number of nitrogens with one attached hydrogen (secondary N) is 2. The molecule has 0 bridgehead atoms. The first-order valence-electron chi connectivity index (χ1n) is 7.46. The molecule has 0 aliphatic carbocycles. The Bertz CT molecular complexity index is 738. The number of aliphatic hydroxyl groups excluding tert-OH is 1. The van der Waals surface area contributed by atoms with E-state index in [0.717, 1.165) is 5.56 Å². The largest absolute Gasteiger partial charge is 0.454 e. The lowest BCUT2D eigenvalue weighted by Crippen LogP contribution is -2.37. The molecule has 0 saturated carbocycles. The molecule has 1 unspecified atom stereocenters. The predicted molar refractivity (Wildman–Crippen MR) is 84.2 cm³/mol. The Labute approximate surface area is 138 Å². The molecule has 126 valence electrons. The highest BCUT2D eigenvalue weighted by atomic mass is 19.1. The van der Waals surface area contributed by atoms with Crippen LogP contribution < -0.4 is 20.1 Å². The Morgan fingerprint density at radius 3 is 2.79 bits per heavy atom. The molecular formula is C17H17FN2O4. The van der Waals surface area contributed by atoms with Crippen molar-refractivity contribution in [2.45, 2.75) is 12.6 Å². The fraction of sp³-hybridized carbons (Fsp3) is 0.235. The Balaban J connectivity index is 1.47. The Hall–Kier alpha value is -2.80. The number of urea groups is 1. The average Bonchev–Trinajstić information content (AvgIpc) is 3.06. The number of carbonyl (C=O) groups is 1. The predicted octanol–water partition coefficient (Wildman–Crippen LogP) is 2.09. The topological polar surface area (TPSA) is 79.8 Å². The maximum atomic E-state index is 13.5. The molecule has 7 heteroatoms. The third-order valence-electron chi connectivity index (χ3n) is 3.61. The van der Waals surface area contributed by atoms with E-state index in [1.54, 1.807) is 18.2 Å². The van der Waals surface area contributed by atoms with Crippen molar-refractivity contribution in [3.8, 4) is 11.5 Å². The molecule has 0 aromatic heterocycles. The van der Waals surface area contributed by atoms with Crippen LogP contribution in [-0.4, -0.2) is 24.5 Å². The standard InChI is InChI=1S/C17H17FN2O4/c18-13-4-2-1-3-12(13)14(21)9-20-17(22)19-8-11-5-6-15-16(7-11)24-10-23-15/h1-7,14,21H,8-10H2,(H2,19,20,22). The van der Waals surface area contributed by atoms with Gasteiger partial charge in [0.1, 0.15) is 5.82 Å². The highest BCUT2D eigenvalue weighted by Gasteiger charge is 2.15. The van der Waals surface area contributed by atoms with Crippen LogP contribution in [-0.2, 0) is 6.54 Å². The summed E-state index contributed by atoms with van der Waals surface area (Å²) < 4.78 is 24.0. The Kier molecular flexibility index (Phi) is 4.81. The minimum Gasteiger partial charge on any atom is -0.454 e. The second-order valence-corrected chi connectivity index (χ2v) is 5.29. The molecule has 2 aromatic rings. The molecule has 1 atom stereocenters. The van der Waals surface area contributed by atoms with Gasteiger partial charge in [-0.2, -0.15) is 0 Å². The monoisotopic (exact) mass is 332 g/mol. The summed E-state index contributed by atoms with van der Waals surface area (Å²) in [4.78, 5) is 11.8. The third kappa shape index (κ3) is 3.75. The number of ether oxygens (including phenoxy) is 2. The van der Waals surface area contributed by atoms with Crippen molar-refractivity contribution in [1.82, 2.24) is 10.6 Å². The van der Waals surface area contributed by atoms with Crippen LogP contribution in [0.4, 0.5) is 9.18 Å². The quantitative estimate of drug-likeness (QED) is 0.783. The minimum atomic E-state index is -1.11. The van der Waals surface area contributed by atoms with Crippen LogP contribution in [0.3, 0.4) is 0 Å². The fourth-order valence-electron chi connectivity index (χ4n) is 2.34. The number of aliphatic hydroxyl groups is 1. The van der Waals surface area contributed by atoms with E-state index < -0.39 is 18.0 Å². The molecule has 1 heterocycles. The van der Waals surface area contributed by atoms with Gasteiger partial charge in [0.05, 0.1) is 6.10 Å². The second kappa shape index (κ2) is 7.18. The minimum absolute atomic E-state index is 0.0894. The summed E-state index contributed by atoms with van der Waals surface area (Å²) in [5.74, 6) is 0.813. The first-order valence-corrected chi connectivity index (χ1v) is 7.46. The zero-order valence-electron chi connectivity index (χ0n) is 12.8. The summed E-state index contributed by atoms with van der Waals surface area (Å²) in [6, 6.07) is 10.8. The lowest BCUT2D eigenvalue weighted by Gasteiger charge is -2.13. The molecule has 1 aliphatic heterocycles. The first kappa shape index (κ1) is 16.1. The molecular weight excluding hydrogens is 315 g/mol. The lowest BCUT2D eigenvalue weighted by atomic mass is 10.1. The van der Waals surface area contributed by atoms with Gasteiger partial charge in [0.2, 0.25) is 6.79 Å². The maximum absolute atomic E-state index is 13.5. The van der Waals surface area contributed by atoms with Crippen molar-refractivity contribution >= 4 is 6.03 Å². The van der Waals surface area contributed by atoms with E-state index in [1.165, 1.54) is 18.2 Å². The van der Waals surface area contributed by atoms with Gasteiger partial charge in [-0.15, -0.1) is 0 Å². The van der Waals surface area contributed by atoms with E-state index in [2.05, 4.69) is 10.6 Å². The van der Waals surface area contributed by atoms with Crippen LogP contribution in [0.2, 0.25) is 0 Å². The van der Waals surface area contributed by atoms with E-state index in [-0.39, 0.29) is 25.4 Å². The summed E-state index contributed by atoms with van der Waals surface area (Å²) in [5, 5.41) is 15.1. The van der Waals surface area contributed by atoms with Gasteiger partial charge in [-0.25, -0.2) is 9.18 Å². The van der Waals surface area contributed by atoms with Crippen molar-refractivity contribution in [2.24, 2.45) is 0 Å². The van der Waals surface area contributed by atoms with Gasteiger partial charge in [-0.1, -0.05) is 24.3 Å². The number of fused-ring (bicyclic) bond motifs is 1. The molecule has 2 aromatic carbocycles. The highest BCUT2D eigenvalue weighted by molar-refractivity contribution is 5.73. The Morgan fingerprint density at radius 1 is 1.17 bits per heavy atom. The second-order valence-electron chi connectivity index (χ2n) is 5.29. The summed E-state index contributed by atoms with van der Waals surface area (Å²) in [7, 11) is 0. The van der Waals surface area contributed by atoms with Crippen LogP contribution in [0.15, 0.2) is 42.5 Å². The smallest absolute Gasteiger partial charge is 0.315 e. The van der Waals surface area contributed by atoms with Gasteiger partial charge >= 0.3 is 6.03 Å². The third-order valence-corrected chi connectivity index (χ3v) is 3.61. The van der Waals surface area contributed by atoms with Gasteiger partial charge < -0.3 is 25.2 Å². The molecule has 3 rings (SSSR count). The number of hydrogen-bond donors (Lipinski definition) is 3. The lowest BCUT2D eigenvalue weighted by molar-refractivity contribution is 0.169. The van der Waals surface area contributed by atoms with E-state index in [9.17, 15) is 14.3 Å². The van der Waals surface area contributed by atoms with Crippen molar-refractivity contribution in [2.75, 3.05) is 13.3 Å². The maximum Gasteiger partial charge on any atom is 0.315 e. The number of carbonyl (C=O) groups excluding carboxylic acids is 1. The molecule has 24 heavy (non-hydrogen) atoms. The van der Waals surface area contributed by atoms with Crippen LogP contribution in [0.5, 0.6) is 11.5 Å². The van der Waals surface area contributed by atoms with Crippen LogP contribution >= 0.6 is 0 Å². The molecule has 6 nitrogen and oxygen atoms in total. The van der Waals surface area contributed by atoms with E-state index in [1.807, 2.05) is 6.07 Å². The van der Waals surface area contributed by atoms with Crippen molar-refractivity contribution < 1.29 is 23.8 Å². The number of hydrogen-bond acceptors (Lipinski definition) is 4. The van der Waals surface area contributed by atoms with Gasteiger partial charge in [0, 0.05) is 18.7 Å². The van der Waals surface area contributed by atoms with Crippen molar-refractivity contribution in [3.63, 3.8) is 0 Å². The average molecular weight is 332 g/mol. The SMILES string of the molecule is O=C(NCc1ccc2c(c1)OCO2)NCC(O)c1ccccc1F. The van der Waals surface area contributed by atoms with Gasteiger partial charge in [0.15, 0.2) is 11.5 Å². The first-order chi connectivity index (χ1) is 11.6. The summed E-state index contributed by atoms with van der Waals surface area (Å²) in [5.41, 5.74) is 0.998. The van der Waals surface area contributed by atoms with Crippen LogP contribution in [0, 0.1) is 5.82 Å². The number of benzene rings is 2. The molecule has 2 amide bonds. The molecule has 0 fully saturated rings. The zero-order valence-corrected chi connectivity index (χ0v) is 12.8. The molecule has 3 N–H and O–H groups in total. The normalized spacial score (nSPS) is 13.4. The molecule has 0 spiro atoms. The summed E-state index contributed by atoms with van der Waals surface area (Å²) in [6.45, 7) is 0.396. The number of amides is 2. The fourth-order valence-corrected chi connectivity index (χ4v) is 2.34. The van der Waals surface area contributed by atoms with Crippen molar-refractivity contribution in [3.05, 3.63) is 59.4 Å². The van der Waals surface area contributed by atoms with Gasteiger partial charge in [-0.05, 0) is 23.8 Å². The highest BCUT2D eigenvalue weighted by Crippen LogP contribution is 2.32. The summed E-state index contributed by atoms with van der Waals surface area (Å²) in [6.07, 6.45) is -1.11. The zero-order chi connectivity index (χ0) is 16.9. The van der Waals surface area contributed by atoms with E-state index in [4.69, 9.17) is 9.47 Å². The molecule has 0 radical (unpaired) electrons. The molecule has 0 saturated heterocycles. The molecule has 1 aliphatic rings. The van der Waals surface area contributed by atoms with Crippen LogP contribution in [0.1, 0.15) is 17.2 Å². The van der Waals surface area contributed by atoms with Gasteiger partial charge in [0.25, 0.3) is 0 Å². The van der Waals surface area contributed by atoms with Crippen LogP contribution in [0.25, 0.3) is 0 Å². The number of halogens is 1. The Morgan fingerprint density at radius 2 is 1.96 bits per heavy atom. The van der Waals surface area contributed by atoms with Gasteiger partial charge in [-0.3, -0.25) is 0 Å². The number of rotatable bonds is 5. The van der Waals surface area contributed by atoms with E-state index in [0.29, 0.717) is 11.5 Å². The van der Waals surface area contributed by atoms with Crippen molar-refractivity contribution in [1.29, 1.82) is 0 Å².